The predicted octanol–water partition coefficient (Wildman–Crippen LogP) is 3.96. The van der Waals surface area contributed by atoms with Crippen molar-refractivity contribution in [3.05, 3.63) is 59.4 Å². The van der Waals surface area contributed by atoms with Gasteiger partial charge in [0.15, 0.2) is 5.82 Å². The molecule has 0 aliphatic carbocycles. The molecule has 0 spiro atoms. The second-order valence-corrected chi connectivity index (χ2v) is 6.47. The van der Waals surface area contributed by atoms with Crippen LogP contribution >= 0.6 is 11.8 Å². The van der Waals surface area contributed by atoms with Gasteiger partial charge in [0, 0.05) is 5.69 Å². The molecule has 1 heterocycles. The van der Waals surface area contributed by atoms with E-state index in [1.54, 1.807) is 18.2 Å². The lowest BCUT2D eigenvalue weighted by molar-refractivity contribution is -0.113. The average molecular weight is 356 g/mol. The summed E-state index contributed by atoms with van der Waals surface area (Å²) in [5.74, 6) is -0.00331. The van der Waals surface area contributed by atoms with Crippen LogP contribution in [0.4, 0.5) is 10.1 Å². The number of nitrogens with zero attached hydrogens (tertiary/aromatic N) is 2. The molecule has 0 unspecified atom stereocenters. The van der Waals surface area contributed by atoms with Crippen LogP contribution in [-0.4, -0.2) is 26.8 Å². The highest BCUT2D eigenvalue weighted by Gasteiger charge is 2.12. The number of hydrogen-bond acceptors (Lipinski definition) is 4. The zero-order valence-electron chi connectivity index (χ0n) is 13.8. The smallest absolute Gasteiger partial charge is 0.234 e. The molecule has 3 rings (SSSR count). The van der Waals surface area contributed by atoms with E-state index in [0.29, 0.717) is 16.5 Å². The third-order valence-electron chi connectivity index (χ3n) is 3.80. The van der Waals surface area contributed by atoms with Gasteiger partial charge in [-0.1, -0.05) is 36.0 Å². The van der Waals surface area contributed by atoms with Crippen LogP contribution in [-0.2, 0) is 4.79 Å². The number of nitrogens with one attached hydrogen (secondary N) is 2. The lowest BCUT2D eigenvalue weighted by atomic mass is 10.1. The highest BCUT2D eigenvalue weighted by molar-refractivity contribution is 7.99. The van der Waals surface area contributed by atoms with Gasteiger partial charge in [-0.15, -0.1) is 5.10 Å². The summed E-state index contributed by atoms with van der Waals surface area (Å²) in [4.78, 5) is 16.4. The molecule has 7 heteroatoms. The number of halogens is 1. The maximum absolute atomic E-state index is 13.8. The third-order valence-corrected chi connectivity index (χ3v) is 4.65. The molecule has 3 aromatic rings. The Bertz CT molecular complexity index is 910. The van der Waals surface area contributed by atoms with Gasteiger partial charge in [-0.2, -0.15) is 0 Å². The number of H-pyrrole nitrogens is 1. The zero-order chi connectivity index (χ0) is 17.8. The van der Waals surface area contributed by atoms with Gasteiger partial charge in [-0.05, 0) is 43.2 Å². The van der Waals surface area contributed by atoms with Crippen LogP contribution in [0, 0.1) is 19.7 Å². The van der Waals surface area contributed by atoms with Crippen LogP contribution in [0.15, 0.2) is 47.6 Å². The number of hydrogen-bond donors (Lipinski definition) is 2. The fraction of sp³-hybridized carbons (Fsp3) is 0.167. The number of aromatic amines is 1. The molecule has 0 aliphatic heterocycles. The van der Waals surface area contributed by atoms with Crippen molar-refractivity contribution in [2.75, 3.05) is 11.1 Å². The minimum atomic E-state index is -0.372. The molecule has 128 valence electrons. The Morgan fingerprint density at radius 1 is 1.20 bits per heavy atom. The quantitative estimate of drug-likeness (QED) is 0.679. The van der Waals surface area contributed by atoms with E-state index in [1.807, 2.05) is 32.0 Å². The Balaban J connectivity index is 1.62. The first-order chi connectivity index (χ1) is 12.0. The maximum atomic E-state index is 13.8. The molecule has 0 saturated carbocycles. The standard InChI is InChI=1S/C18H17FN4OS/c1-11-6-5-9-15(12(11)2)20-16(24)10-25-18-21-17(22-23-18)13-7-3-4-8-14(13)19/h3-9H,10H2,1-2H3,(H,20,24)(H,21,22,23). The molecule has 0 radical (unpaired) electrons. The molecule has 25 heavy (non-hydrogen) atoms. The van der Waals surface area contributed by atoms with E-state index in [-0.39, 0.29) is 17.5 Å². The summed E-state index contributed by atoms with van der Waals surface area (Å²) in [6, 6.07) is 12.1. The fourth-order valence-corrected chi connectivity index (χ4v) is 2.89. The maximum Gasteiger partial charge on any atom is 0.234 e. The minimum absolute atomic E-state index is 0.143. The lowest BCUT2D eigenvalue weighted by Crippen LogP contribution is -2.15. The summed E-state index contributed by atoms with van der Waals surface area (Å²) < 4.78 is 13.8. The molecule has 0 fully saturated rings. The van der Waals surface area contributed by atoms with Crippen LogP contribution in [0.25, 0.3) is 11.4 Å². The molecular weight excluding hydrogens is 339 g/mol. The molecule has 2 aromatic carbocycles. The van der Waals surface area contributed by atoms with E-state index in [9.17, 15) is 9.18 Å². The number of carbonyl (C=O) groups is 1. The molecule has 1 aromatic heterocycles. The number of aromatic nitrogens is 3. The Morgan fingerprint density at radius 2 is 2.00 bits per heavy atom. The van der Waals surface area contributed by atoms with Crippen LogP contribution in [0.3, 0.4) is 0 Å². The summed E-state index contributed by atoms with van der Waals surface area (Å²) >= 11 is 1.19. The molecule has 0 atom stereocenters. The van der Waals surface area contributed by atoms with E-state index < -0.39 is 0 Å². The number of thioether (sulfide) groups is 1. The van der Waals surface area contributed by atoms with Gasteiger partial charge >= 0.3 is 0 Å². The second-order valence-electron chi connectivity index (χ2n) is 5.53. The van der Waals surface area contributed by atoms with Crippen molar-refractivity contribution in [3.8, 4) is 11.4 Å². The number of benzene rings is 2. The second kappa shape index (κ2) is 7.48. The number of amides is 1. The average Bonchev–Trinajstić information content (AvgIpc) is 3.06. The number of aryl methyl sites for hydroxylation is 1. The monoisotopic (exact) mass is 356 g/mol. The van der Waals surface area contributed by atoms with Crippen LogP contribution in [0.1, 0.15) is 11.1 Å². The molecule has 0 aliphatic rings. The van der Waals surface area contributed by atoms with E-state index in [1.165, 1.54) is 17.8 Å². The summed E-state index contributed by atoms with van der Waals surface area (Å²) in [5.41, 5.74) is 3.31. The predicted molar refractivity (Wildman–Crippen MR) is 97.0 cm³/mol. The molecule has 0 bridgehead atoms. The van der Waals surface area contributed by atoms with Gasteiger partial charge in [-0.3, -0.25) is 9.89 Å². The van der Waals surface area contributed by atoms with Crippen molar-refractivity contribution in [2.24, 2.45) is 0 Å². The number of anilines is 1. The first kappa shape index (κ1) is 17.2. The molecule has 5 nitrogen and oxygen atoms in total. The Kier molecular flexibility index (Phi) is 5.14. The Hall–Kier alpha value is -2.67. The van der Waals surface area contributed by atoms with Gasteiger partial charge in [0.1, 0.15) is 5.82 Å². The van der Waals surface area contributed by atoms with Crippen LogP contribution < -0.4 is 5.32 Å². The first-order valence-corrected chi connectivity index (χ1v) is 8.69. The topological polar surface area (TPSA) is 70.7 Å². The van der Waals surface area contributed by atoms with Crippen molar-refractivity contribution < 1.29 is 9.18 Å². The van der Waals surface area contributed by atoms with Gasteiger partial charge in [0.2, 0.25) is 11.1 Å². The van der Waals surface area contributed by atoms with Crippen molar-refractivity contribution >= 4 is 23.4 Å². The number of carbonyl (C=O) groups excluding carboxylic acids is 1. The van der Waals surface area contributed by atoms with E-state index in [0.717, 1.165) is 16.8 Å². The van der Waals surface area contributed by atoms with E-state index >= 15 is 0 Å². The molecule has 1 amide bonds. The molecule has 2 N–H and O–H groups in total. The molecular formula is C18H17FN4OS. The zero-order valence-corrected chi connectivity index (χ0v) is 14.7. The van der Waals surface area contributed by atoms with Crippen molar-refractivity contribution in [2.45, 2.75) is 19.0 Å². The van der Waals surface area contributed by atoms with Crippen LogP contribution in [0.5, 0.6) is 0 Å². The minimum Gasteiger partial charge on any atom is -0.325 e. The van der Waals surface area contributed by atoms with Crippen LogP contribution in [0.2, 0.25) is 0 Å². The van der Waals surface area contributed by atoms with E-state index in [4.69, 9.17) is 0 Å². The van der Waals surface area contributed by atoms with E-state index in [2.05, 4.69) is 20.5 Å². The van der Waals surface area contributed by atoms with Crippen molar-refractivity contribution in [1.82, 2.24) is 15.2 Å². The summed E-state index contributed by atoms with van der Waals surface area (Å²) in [7, 11) is 0. The Labute approximate surface area is 149 Å². The Morgan fingerprint density at radius 3 is 2.80 bits per heavy atom. The van der Waals surface area contributed by atoms with Gasteiger partial charge < -0.3 is 5.32 Å². The summed E-state index contributed by atoms with van der Waals surface area (Å²) in [6.45, 7) is 3.96. The van der Waals surface area contributed by atoms with Gasteiger partial charge in [-0.25, -0.2) is 9.37 Å². The molecule has 0 saturated heterocycles. The summed E-state index contributed by atoms with van der Waals surface area (Å²) in [5, 5.41) is 10.0. The third kappa shape index (κ3) is 4.06. The largest absolute Gasteiger partial charge is 0.325 e. The first-order valence-electron chi connectivity index (χ1n) is 7.71. The van der Waals surface area contributed by atoms with Crippen molar-refractivity contribution in [3.63, 3.8) is 0 Å². The normalized spacial score (nSPS) is 10.7. The van der Waals surface area contributed by atoms with Crippen molar-refractivity contribution in [1.29, 1.82) is 0 Å². The highest BCUT2D eigenvalue weighted by Crippen LogP contribution is 2.22. The highest BCUT2D eigenvalue weighted by atomic mass is 32.2. The lowest BCUT2D eigenvalue weighted by Gasteiger charge is -2.09. The van der Waals surface area contributed by atoms with Gasteiger partial charge in [0.25, 0.3) is 0 Å². The summed E-state index contributed by atoms with van der Waals surface area (Å²) in [6.07, 6.45) is 0. The number of rotatable bonds is 5. The fourth-order valence-electron chi connectivity index (χ4n) is 2.29. The van der Waals surface area contributed by atoms with Gasteiger partial charge in [0.05, 0.1) is 11.3 Å². The SMILES string of the molecule is Cc1cccc(NC(=O)CSc2n[nH]c(-c3ccccc3F)n2)c1C.